The van der Waals surface area contributed by atoms with E-state index in [9.17, 15) is 4.79 Å². The van der Waals surface area contributed by atoms with Gasteiger partial charge in [0.2, 0.25) is 10.7 Å². The smallest absolute Gasteiger partial charge is 0.254 e. The fourth-order valence-corrected chi connectivity index (χ4v) is 3.60. The van der Waals surface area contributed by atoms with Crippen LogP contribution in [0, 0.1) is 18.6 Å². The van der Waals surface area contributed by atoms with Crippen molar-refractivity contribution in [1.29, 1.82) is 0 Å². The van der Waals surface area contributed by atoms with E-state index in [1.165, 1.54) is 0 Å². The lowest BCUT2D eigenvalue weighted by atomic mass is 10.3. The molecule has 1 amide bonds. The highest BCUT2D eigenvalue weighted by atomic mass is 32.1. The van der Waals surface area contributed by atoms with Crippen LogP contribution in [0.4, 0.5) is 5.69 Å². The summed E-state index contributed by atoms with van der Waals surface area (Å²) in [5.41, 5.74) is 2.53. The summed E-state index contributed by atoms with van der Waals surface area (Å²) in [7, 11) is 1.58. The van der Waals surface area contributed by atoms with Gasteiger partial charge in [0.15, 0.2) is 0 Å². The van der Waals surface area contributed by atoms with Crippen LogP contribution in [0.25, 0.3) is 5.78 Å². The quantitative estimate of drug-likeness (QED) is 0.571. The molecule has 0 radical (unpaired) electrons. The van der Waals surface area contributed by atoms with Crippen molar-refractivity contribution in [2.24, 2.45) is 0 Å². The normalized spacial score (nSPS) is 11.2. The Bertz CT molecular complexity index is 1070. The number of hydrogen-bond acceptors (Lipinski definition) is 6. The number of aromatic nitrogens is 4. The van der Waals surface area contributed by atoms with E-state index in [1.807, 2.05) is 53.5 Å². The van der Waals surface area contributed by atoms with E-state index < -0.39 is 0 Å². The summed E-state index contributed by atoms with van der Waals surface area (Å²) in [4.78, 5) is 19.1. The Hall–Kier alpha value is -2.78. The predicted octanol–water partition coefficient (Wildman–Crippen LogP) is 3.19. The maximum atomic E-state index is 12.6. The summed E-state index contributed by atoms with van der Waals surface area (Å²) in [5, 5.41) is 7.46. The van der Waals surface area contributed by atoms with Crippen molar-refractivity contribution >= 4 is 29.6 Å². The molecule has 0 bridgehead atoms. The molecule has 2 heterocycles. The molecule has 0 unspecified atom stereocenters. The Labute approximate surface area is 175 Å². The van der Waals surface area contributed by atoms with E-state index in [1.54, 1.807) is 11.8 Å². The largest absolute Gasteiger partial charge is 0.495 e. The SMILES string of the molecule is CCCN(CC(=O)Nc1ccccc1OC)Cn1nc2nc(C)cc(C)n2c1=S. The molecule has 0 aliphatic carbocycles. The Morgan fingerprint density at radius 1 is 1.31 bits per heavy atom. The van der Waals surface area contributed by atoms with Gasteiger partial charge in [-0.05, 0) is 50.7 Å². The molecule has 0 saturated heterocycles. The molecular weight excluding hydrogens is 388 g/mol. The number of methoxy groups -OCH3 is 1. The third-order valence-corrected chi connectivity index (χ3v) is 4.88. The first-order valence-corrected chi connectivity index (χ1v) is 9.92. The first-order chi connectivity index (χ1) is 13.9. The second-order valence-electron chi connectivity index (χ2n) is 6.90. The molecule has 3 rings (SSSR count). The average molecular weight is 415 g/mol. The van der Waals surface area contributed by atoms with Gasteiger partial charge in [0.1, 0.15) is 5.75 Å². The van der Waals surface area contributed by atoms with Crippen LogP contribution in [0.2, 0.25) is 0 Å². The first-order valence-electron chi connectivity index (χ1n) is 9.52. The highest BCUT2D eigenvalue weighted by Gasteiger charge is 2.15. The molecule has 0 fully saturated rings. The number of para-hydroxylation sites is 2. The van der Waals surface area contributed by atoms with Gasteiger partial charge < -0.3 is 10.1 Å². The van der Waals surface area contributed by atoms with Gasteiger partial charge in [0, 0.05) is 17.9 Å². The zero-order valence-electron chi connectivity index (χ0n) is 17.2. The maximum Gasteiger partial charge on any atom is 0.254 e. The Balaban J connectivity index is 1.77. The maximum absolute atomic E-state index is 12.6. The second kappa shape index (κ2) is 9.15. The summed E-state index contributed by atoms with van der Waals surface area (Å²) in [5.74, 6) is 1.08. The van der Waals surface area contributed by atoms with E-state index >= 15 is 0 Å². The number of carbonyl (C=O) groups excluding carboxylic acids is 1. The van der Waals surface area contributed by atoms with Crippen molar-refractivity contribution in [2.45, 2.75) is 33.9 Å². The third-order valence-electron chi connectivity index (χ3n) is 4.49. The zero-order valence-corrected chi connectivity index (χ0v) is 18.0. The van der Waals surface area contributed by atoms with Gasteiger partial charge in [0.05, 0.1) is 26.0 Å². The van der Waals surface area contributed by atoms with Crippen LogP contribution in [-0.2, 0) is 11.5 Å². The molecule has 8 nitrogen and oxygen atoms in total. The fourth-order valence-electron chi connectivity index (χ4n) is 3.27. The van der Waals surface area contributed by atoms with Crippen molar-refractivity contribution in [3.63, 3.8) is 0 Å². The summed E-state index contributed by atoms with van der Waals surface area (Å²) in [6.45, 7) is 7.35. The molecule has 3 aromatic rings. The molecule has 0 atom stereocenters. The molecule has 0 aliphatic rings. The van der Waals surface area contributed by atoms with Gasteiger partial charge in [0.25, 0.3) is 5.78 Å². The van der Waals surface area contributed by atoms with Crippen molar-refractivity contribution < 1.29 is 9.53 Å². The number of ether oxygens (including phenoxy) is 1. The minimum absolute atomic E-state index is 0.122. The molecule has 2 aromatic heterocycles. The van der Waals surface area contributed by atoms with Crippen LogP contribution >= 0.6 is 12.2 Å². The van der Waals surface area contributed by atoms with Crippen LogP contribution in [0.5, 0.6) is 5.75 Å². The van der Waals surface area contributed by atoms with Gasteiger partial charge >= 0.3 is 0 Å². The number of carbonyl (C=O) groups is 1. The number of nitrogens with one attached hydrogen (secondary N) is 1. The lowest BCUT2D eigenvalue weighted by Gasteiger charge is -2.21. The summed E-state index contributed by atoms with van der Waals surface area (Å²) in [6, 6.07) is 9.32. The van der Waals surface area contributed by atoms with Gasteiger partial charge in [-0.1, -0.05) is 19.1 Å². The Morgan fingerprint density at radius 2 is 2.07 bits per heavy atom. The molecule has 29 heavy (non-hydrogen) atoms. The average Bonchev–Trinajstić information content (AvgIpc) is 2.97. The number of hydrogen-bond donors (Lipinski definition) is 1. The van der Waals surface area contributed by atoms with E-state index in [2.05, 4.69) is 22.3 Å². The number of rotatable bonds is 8. The number of anilines is 1. The standard InChI is InChI=1S/C20H26N6O2S/c1-5-10-24(12-18(27)22-16-8-6-7-9-17(16)28-4)13-25-20(29)26-15(3)11-14(2)21-19(26)23-25/h6-9,11H,5,10,12-13H2,1-4H3,(H,22,27). The number of nitrogens with zero attached hydrogens (tertiary/aromatic N) is 5. The van der Waals surface area contributed by atoms with E-state index in [0.29, 0.717) is 28.7 Å². The summed E-state index contributed by atoms with van der Waals surface area (Å²) < 4.78 is 9.43. The lowest BCUT2D eigenvalue weighted by Crippen LogP contribution is -2.35. The molecule has 0 saturated carbocycles. The van der Waals surface area contributed by atoms with E-state index in [0.717, 1.165) is 24.4 Å². The molecule has 154 valence electrons. The highest BCUT2D eigenvalue weighted by Crippen LogP contribution is 2.22. The summed E-state index contributed by atoms with van der Waals surface area (Å²) >= 11 is 5.59. The second-order valence-corrected chi connectivity index (χ2v) is 7.26. The van der Waals surface area contributed by atoms with Gasteiger partial charge in [-0.2, -0.15) is 0 Å². The van der Waals surface area contributed by atoms with Crippen LogP contribution in [0.1, 0.15) is 24.7 Å². The van der Waals surface area contributed by atoms with Gasteiger partial charge in [-0.25, -0.2) is 9.67 Å². The van der Waals surface area contributed by atoms with Crippen LogP contribution in [0.15, 0.2) is 30.3 Å². The van der Waals surface area contributed by atoms with Gasteiger partial charge in [-0.3, -0.25) is 14.1 Å². The topological polar surface area (TPSA) is 76.7 Å². The van der Waals surface area contributed by atoms with Crippen LogP contribution < -0.4 is 10.1 Å². The van der Waals surface area contributed by atoms with E-state index in [-0.39, 0.29) is 12.5 Å². The highest BCUT2D eigenvalue weighted by molar-refractivity contribution is 7.71. The van der Waals surface area contributed by atoms with Crippen LogP contribution in [0.3, 0.4) is 0 Å². The molecule has 0 spiro atoms. The van der Waals surface area contributed by atoms with Crippen molar-refractivity contribution in [2.75, 3.05) is 25.5 Å². The first kappa shape index (κ1) is 20.9. The van der Waals surface area contributed by atoms with Gasteiger partial charge in [-0.15, -0.1) is 5.10 Å². The fraction of sp³-hybridized carbons (Fsp3) is 0.400. The molecule has 9 heteroatoms. The van der Waals surface area contributed by atoms with Crippen molar-refractivity contribution in [3.05, 3.63) is 46.5 Å². The third kappa shape index (κ3) is 4.80. The van der Waals surface area contributed by atoms with Crippen LogP contribution in [-0.4, -0.2) is 50.2 Å². The number of fused-ring (bicyclic) bond motifs is 1. The summed E-state index contributed by atoms with van der Waals surface area (Å²) in [6.07, 6.45) is 0.902. The Morgan fingerprint density at radius 3 is 2.79 bits per heavy atom. The number of aryl methyl sites for hydroxylation is 2. The van der Waals surface area contributed by atoms with Crippen molar-refractivity contribution in [3.8, 4) is 5.75 Å². The Kier molecular flexibility index (Phi) is 6.60. The minimum atomic E-state index is -0.122. The number of amides is 1. The zero-order chi connectivity index (χ0) is 21.0. The van der Waals surface area contributed by atoms with E-state index in [4.69, 9.17) is 17.0 Å². The molecule has 1 N–H and O–H groups in total. The number of benzene rings is 1. The van der Waals surface area contributed by atoms with Crippen molar-refractivity contribution in [1.82, 2.24) is 24.1 Å². The molecular formula is C20H26N6O2S. The molecule has 1 aromatic carbocycles. The molecule has 0 aliphatic heterocycles. The minimum Gasteiger partial charge on any atom is -0.495 e. The monoisotopic (exact) mass is 414 g/mol. The lowest BCUT2D eigenvalue weighted by molar-refractivity contribution is -0.117. The predicted molar refractivity (Wildman–Crippen MR) is 115 cm³/mol.